The molecular weight excluding hydrogens is 345 g/mol. The minimum Gasteiger partial charge on any atom is -0.444 e. The highest BCUT2D eigenvalue weighted by molar-refractivity contribution is 5.68. The molecule has 4 nitrogen and oxygen atoms in total. The van der Waals surface area contributed by atoms with E-state index < -0.39 is 17.3 Å². The normalized spacial score (nSPS) is 16.6. The molecule has 0 saturated carbocycles. The third-order valence-corrected chi connectivity index (χ3v) is 4.31. The van der Waals surface area contributed by atoms with Gasteiger partial charge in [-0.05, 0) is 63.8 Å². The van der Waals surface area contributed by atoms with E-state index in [1.807, 2.05) is 20.8 Å². The molecule has 146 valence electrons. The van der Waals surface area contributed by atoms with Crippen LogP contribution in [0.15, 0.2) is 24.3 Å². The summed E-state index contributed by atoms with van der Waals surface area (Å²) in [7, 11) is 0. The van der Waals surface area contributed by atoms with Gasteiger partial charge in [0.1, 0.15) is 5.60 Å². The maximum atomic E-state index is 12.5. The summed E-state index contributed by atoms with van der Waals surface area (Å²) in [5.74, 6) is 0.447. The molecule has 7 heteroatoms. The van der Waals surface area contributed by atoms with Crippen molar-refractivity contribution in [3.8, 4) is 0 Å². The molecule has 1 heterocycles. The van der Waals surface area contributed by atoms with Gasteiger partial charge in [-0.2, -0.15) is 13.2 Å². The SMILES string of the molecule is CC(C)(C)OC(=O)N1CCC(CNCc2ccc(C(F)(F)F)cc2)CC1. The maximum Gasteiger partial charge on any atom is 0.416 e. The third-order valence-electron chi connectivity index (χ3n) is 4.31. The molecule has 1 amide bonds. The van der Waals surface area contributed by atoms with E-state index in [1.165, 1.54) is 12.1 Å². The predicted octanol–water partition coefficient (Wildman–Crippen LogP) is 4.44. The van der Waals surface area contributed by atoms with Gasteiger partial charge in [-0.3, -0.25) is 0 Å². The van der Waals surface area contributed by atoms with Crippen LogP contribution in [0.1, 0.15) is 44.7 Å². The molecule has 1 N–H and O–H groups in total. The Morgan fingerprint density at radius 1 is 1.15 bits per heavy atom. The number of nitrogens with zero attached hydrogens (tertiary/aromatic N) is 1. The third kappa shape index (κ3) is 6.52. The molecule has 0 unspecified atom stereocenters. The van der Waals surface area contributed by atoms with Crippen molar-refractivity contribution in [1.29, 1.82) is 0 Å². The van der Waals surface area contributed by atoms with Crippen LogP contribution in [0.4, 0.5) is 18.0 Å². The Morgan fingerprint density at radius 3 is 2.23 bits per heavy atom. The molecule has 1 aromatic rings. The summed E-state index contributed by atoms with van der Waals surface area (Å²) in [4.78, 5) is 13.8. The summed E-state index contributed by atoms with van der Waals surface area (Å²) in [6, 6.07) is 5.22. The van der Waals surface area contributed by atoms with Gasteiger partial charge in [-0.25, -0.2) is 4.79 Å². The van der Waals surface area contributed by atoms with Gasteiger partial charge >= 0.3 is 12.3 Å². The molecular formula is C19H27F3N2O2. The number of hydrogen-bond donors (Lipinski definition) is 1. The molecule has 0 aliphatic carbocycles. The van der Waals surface area contributed by atoms with Gasteiger partial charge in [0.2, 0.25) is 0 Å². The monoisotopic (exact) mass is 372 g/mol. The van der Waals surface area contributed by atoms with Crippen molar-refractivity contribution in [3.63, 3.8) is 0 Å². The van der Waals surface area contributed by atoms with Crippen molar-refractivity contribution in [2.75, 3.05) is 19.6 Å². The number of benzene rings is 1. The Kier molecular flexibility index (Phi) is 6.55. The molecule has 0 bridgehead atoms. The molecule has 1 saturated heterocycles. The Labute approximate surface area is 152 Å². The van der Waals surface area contributed by atoms with Crippen LogP contribution in [0.25, 0.3) is 0 Å². The van der Waals surface area contributed by atoms with Gasteiger partial charge in [0.15, 0.2) is 0 Å². The van der Waals surface area contributed by atoms with E-state index in [-0.39, 0.29) is 6.09 Å². The van der Waals surface area contributed by atoms with E-state index in [4.69, 9.17) is 4.74 Å². The number of piperidine rings is 1. The van der Waals surface area contributed by atoms with Crippen LogP contribution in [0.3, 0.4) is 0 Å². The van der Waals surface area contributed by atoms with Crippen molar-refractivity contribution in [1.82, 2.24) is 10.2 Å². The molecule has 1 aliphatic heterocycles. The second-order valence-electron chi connectivity index (χ2n) is 7.74. The van der Waals surface area contributed by atoms with Gasteiger partial charge < -0.3 is 15.0 Å². The quantitative estimate of drug-likeness (QED) is 0.849. The summed E-state index contributed by atoms with van der Waals surface area (Å²) >= 11 is 0. The lowest BCUT2D eigenvalue weighted by Gasteiger charge is -2.33. The Hall–Kier alpha value is -1.76. The number of carbonyl (C=O) groups is 1. The molecule has 2 rings (SSSR count). The fraction of sp³-hybridized carbons (Fsp3) is 0.632. The minimum absolute atomic E-state index is 0.270. The van der Waals surface area contributed by atoms with Gasteiger partial charge in [-0.15, -0.1) is 0 Å². The number of likely N-dealkylation sites (tertiary alicyclic amines) is 1. The summed E-state index contributed by atoms with van der Waals surface area (Å²) in [6.45, 7) is 8.20. The van der Waals surface area contributed by atoms with E-state index in [9.17, 15) is 18.0 Å². The predicted molar refractivity (Wildman–Crippen MR) is 93.7 cm³/mol. The molecule has 0 aromatic heterocycles. The summed E-state index contributed by atoms with van der Waals surface area (Å²) < 4.78 is 43.0. The molecule has 0 spiro atoms. The number of alkyl halides is 3. The fourth-order valence-corrected chi connectivity index (χ4v) is 2.88. The minimum atomic E-state index is -4.30. The molecule has 1 fully saturated rings. The molecule has 0 radical (unpaired) electrons. The first-order valence-electron chi connectivity index (χ1n) is 8.89. The smallest absolute Gasteiger partial charge is 0.416 e. The highest BCUT2D eigenvalue weighted by Gasteiger charge is 2.30. The lowest BCUT2D eigenvalue weighted by molar-refractivity contribution is -0.137. The van der Waals surface area contributed by atoms with E-state index in [1.54, 1.807) is 4.90 Å². The first kappa shape index (κ1) is 20.6. The lowest BCUT2D eigenvalue weighted by Crippen LogP contribution is -2.43. The van der Waals surface area contributed by atoms with Crippen molar-refractivity contribution in [2.24, 2.45) is 5.92 Å². The van der Waals surface area contributed by atoms with Crippen LogP contribution < -0.4 is 5.32 Å². The molecule has 1 aliphatic rings. The first-order chi connectivity index (χ1) is 12.0. The van der Waals surface area contributed by atoms with Crippen LogP contribution in [0.2, 0.25) is 0 Å². The number of hydrogen-bond acceptors (Lipinski definition) is 3. The number of carbonyl (C=O) groups excluding carboxylic acids is 1. The van der Waals surface area contributed by atoms with Crippen LogP contribution in [0.5, 0.6) is 0 Å². The van der Waals surface area contributed by atoms with Crippen LogP contribution in [0, 0.1) is 5.92 Å². The van der Waals surface area contributed by atoms with Gasteiger partial charge in [0.05, 0.1) is 5.56 Å². The Morgan fingerprint density at radius 2 is 1.73 bits per heavy atom. The van der Waals surface area contributed by atoms with Crippen molar-refractivity contribution >= 4 is 6.09 Å². The molecule has 1 aromatic carbocycles. The Balaban J connectivity index is 1.70. The van der Waals surface area contributed by atoms with Gasteiger partial charge in [-0.1, -0.05) is 12.1 Å². The van der Waals surface area contributed by atoms with E-state index in [0.717, 1.165) is 37.1 Å². The largest absolute Gasteiger partial charge is 0.444 e. The van der Waals surface area contributed by atoms with Crippen LogP contribution in [-0.2, 0) is 17.5 Å². The summed E-state index contributed by atoms with van der Waals surface area (Å²) in [5.41, 5.74) is -0.295. The fourth-order valence-electron chi connectivity index (χ4n) is 2.88. The molecule has 26 heavy (non-hydrogen) atoms. The maximum absolute atomic E-state index is 12.5. The van der Waals surface area contributed by atoms with Gasteiger partial charge in [0.25, 0.3) is 0 Å². The number of ether oxygens (including phenoxy) is 1. The lowest BCUT2D eigenvalue weighted by atomic mass is 9.97. The highest BCUT2D eigenvalue weighted by atomic mass is 19.4. The van der Waals surface area contributed by atoms with Crippen molar-refractivity contribution in [3.05, 3.63) is 35.4 Å². The molecule has 0 atom stereocenters. The van der Waals surface area contributed by atoms with Crippen molar-refractivity contribution in [2.45, 2.75) is 51.9 Å². The zero-order chi connectivity index (χ0) is 19.4. The van der Waals surface area contributed by atoms with E-state index in [2.05, 4.69) is 5.32 Å². The van der Waals surface area contributed by atoms with Crippen LogP contribution >= 0.6 is 0 Å². The van der Waals surface area contributed by atoms with Gasteiger partial charge in [0, 0.05) is 19.6 Å². The summed E-state index contributed by atoms with van der Waals surface area (Å²) in [6.07, 6.45) is -2.79. The average Bonchev–Trinajstić information content (AvgIpc) is 2.53. The summed E-state index contributed by atoms with van der Waals surface area (Å²) in [5, 5.41) is 3.30. The second-order valence-corrected chi connectivity index (χ2v) is 7.74. The highest BCUT2D eigenvalue weighted by Crippen LogP contribution is 2.29. The topological polar surface area (TPSA) is 41.6 Å². The zero-order valence-electron chi connectivity index (χ0n) is 15.5. The first-order valence-corrected chi connectivity index (χ1v) is 8.89. The van der Waals surface area contributed by atoms with Crippen LogP contribution in [-0.4, -0.2) is 36.2 Å². The van der Waals surface area contributed by atoms with Crippen molar-refractivity contribution < 1.29 is 22.7 Å². The number of rotatable bonds is 4. The zero-order valence-corrected chi connectivity index (χ0v) is 15.5. The second kappa shape index (κ2) is 8.29. The number of amides is 1. The average molecular weight is 372 g/mol. The van der Waals surface area contributed by atoms with E-state index in [0.29, 0.717) is 25.6 Å². The number of halogens is 3. The Bertz CT molecular complexity index is 586. The standard InChI is InChI=1S/C19H27F3N2O2/c1-18(2,3)26-17(25)24-10-8-15(9-11-24)13-23-12-14-4-6-16(7-5-14)19(20,21)22/h4-7,15,23H,8-13H2,1-3H3. The van der Waals surface area contributed by atoms with E-state index >= 15 is 0 Å². The number of nitrogens with one attached hydrogen (secondary N) is 1.